The number of benzene rings is 2. The van der Waals surface area contributed by atoms with Crippen molar-refractivity contribution in [2.75, 3.05) is 11.9 Å². The van der Waals surface area contributed by atoms with Gasteiger partial charge in [-0.3, -0.25) is 14.9 Å². The number of anilines is 1. The number of carbonyl (C=O) groups excluding carboxylic acids is 2. The summed E-state index contributed by atoms with van der Waals surface area (Å²) in [4.78, 5) is 36.1. The molecule has 0 aliphatic heterocycles. The number of para-hydroxylation sites is 1. The average Bonchev–Trinajstić information content (AvgIpc) is 2.61. The first-order chi connectivity index (χ1) is 11.8. The Labute approximate surface area is 148 Å². The Hall–Kier alpha value is -2.93. The van der Waals surface area contributed by atoms with Crippen LogP contribution in [0.1, 0.15) is 17.3 Å². The van der Waals surface area contributed by atoms with Crippen LogP contribution in [-0.2, 0) is 9.53 Å². The molecule has 130 valence electrons. The van der Waals surface area contributed by atoms with Crippen molar-refractivity contribution in [2.45, 2.75) is 13.0 Å². The number of ether oxygens (including phenoxy) is 1. The molecule has 0 aliphatic carbocycles. The predicted molar refractivity (Wildman–Crippen MR) is 92.8 cm³/mol. The Balaban J connectivity index is 2.11. The molecule has 0 bridgehead atoms. The van der Waals surface area contributed by atoms with Crippen molar-refractivity contribution in [3.05, 3.63) is 69.2 Å². The number of likely N-dealkylation sites (N-methyl/N-ethyl adjacent to an activating group) is 1. The molecule has 2 rings (SSSR count). The summed E-state index contributed by atoms with van der Waals surface area (Å²) in [5.74, 6) is -1.27. The summed E-state index contributed by atoms with van der Waals surface area (Å²) in [6.07, 6.45) is -1.06. The molecule has 0 unspecified atom stereocenters. The number of rotatable bonds is 5. The van der Waals surface area contributed by atoms with E-state index in [9.17, 15) is 19.7 Å². The van der Waals surface area contributed by atoms with Crippen molar-refractivity contribution in [1.29, 1.82) is 0 Å². The van der Waals surface area contributed by atoms with E-state index < -0.39 is 28.6 Å². The van der Waals surface area contributed by atoms with Crippen molar-refractivity contribution in [2.24, 2.45) is 0 Å². The maximum atomic E-state index is 12.4. The molecule has 0 saturated heterocycles. The Morgan fingerprint density at radius 2 is 1.84 bits per heavy atom. The van der Waals surface area contributed by atoms with Gasteiger partial charge >= 0.3 is 5.97 Å². The lowest BCUT2D eigenvalue weighted by atomic mass is 10.2. The fourth-order valence-corrected chi connectivity index (χ4v) is 2.30. The number of carbonyl (C=O) groups is 2. The lowest BCUT2D eigenvalue weighted by Gasteiger charge is -2.21. The van der Waals surface area contributed by atoms with Gasteiger partial charge in [0.25, 0.3) is 11.6 Å². The van der Waals surface area contributed by atoms with Gasteiger partial charge in [-0.2, -0.15) is 0 Å². The fraction of sp³-hybridized carbons (Fsp3) is 0.176. The zero-order valence-corrected chi connectivity index (χ0v) is 14.3. The monoisotopic (exact) mass is 362 g/mol. The zero-order valence-electron chi connectivity index (χ0n) is 13.5. The second kappa shape index (κ2) is 7.76. The van der Waals surface area contributed by atoms with Crippen LogP contribution in [0.25, 0.3) is 0 Å². The van der Waals surface area contributed by atoms with Crippen LogP contribution in [0.5, 0.6) is 0 Å². The van der Waals surface area contributed by atoms with Gasteiger partial charge in [-0.1, -0.05) is 29.8 Å². The molecule has 8 heteroatoms. The van der Waals surface area contributed by atoms with E-state index >= 15 is 0 Å². The second-order valence-corrected chi connectivity index (χ2v) is 5.61. The van der Waals surface area contributed by atoms with Crippen molar-refractivity contribution in [3.63, 3.8) is 0 Å². The van der Waals surface area contributed by atoms with E-state index in [4.69, 9.17) is 16.3 Å². The Bertz CT molecular complexity index is 810. The summed E-state index contributed by atoms with van der Waals surface area (Å²) in [5, 5.41) is 10.8. The number of nitro groups is 1. The van der Waals surface area contributed by atoms with E-state index in [1.165, 1.54) is 24.0 Å². The van der Waals surface area contributed by atoms with Crippen LogP contribution in [0.3, 0.4) is 0 Å². The maximum Gasteiger partial charge on any atom is 0.339 e. The minimum Gasteiger partial charge on any atom is -0.449 e. The van der Waals surface area contributed by atoms with Gasteiger partial charge in [-0.05, 0) is 31.2 Å². The molecule has 2 aromatic rings. The highest BCUT2D eigenvalue weighted by Crippen LogP contribution is 2.25. The summed E-state index contributed by atoms with van der Waals surface area (Å²) >= 11 is 5.71. The summed E-state index contributed by atoms with van der Waals surface area (Å²) in [6.45, 7) is 1.43. The van der Waals surface area contributed by atoms with E-state index in [2.05, 4.69) is 0 Å². The second-order valence-electron chi connectivity index (χ2n) is 5.20. The van der Waals surface area contributed by atoms with E-state index in [1.807, 2.05) is 6.07 Å². The first kappa shape index (κ1) is 18.4. The summed E-state index contributed by atoms with van der Waals surface area (Å²) < 4.78 is 5.12. The minimum absolute atomic E-state index is 0.0573. The predicted octanol–water partition coefficient (Wildman–Crippen LogP) is 3.46. The van der Waals surface area contributed by atoms with Crippen molar-refractivity contribution in [3.8, 4) is 0 Å². The highest BCUT2D eigenvalue weighted by molar-refractivity contribution is 6.32. The fourth-order valence-electron chi connectivity index (χ4n) is 2.11. The minimum atomic E-state index is -1.06. The number of esters is 1. The largest absolute Gasteiger partial charge is 0.449 e. The van der Waals surface area contributed by atoms with Crippen LogP contribution in [0.4, 0.5) is 11.4 Å². The Morgan fingerprint density at radius 1 is 1.20 bits per heavy atom. The molecular formula is C17H15ClN2O5. The summed E-state index contributed by atoms with van der Waals surface area (Å²) in [5.41, 5.74) is 0.187. The van der Waals surface area contributed by atoms with Gasteiger partial charge < -0.3 is 9.64 Å². The lowest BCUT2D eigenvalue weighted by Crippen LogP contribution is -2.37. The molecule has 0 spiro atoms. The van der Waals surface area contributed by atoms with Crippen molar-refractivity contribution >= 4 is 34.9 Å². The normalized spacial score (nSPS) is 11.5. The summed E-state index contributed by atoms with van der Waals surface area (Å²) in [7, 11) is 1.56. The van der Waals surface area contributed by atoms with Gasteiger partial charge in [0.2, 0.25) is 0 Å². The maximum absolute atomic E-state index is 12.4. The SMILES string of the molecule is C[C@@H](OC(=O)c1ccc(Cl)c([N+](=O)[O-])c1)C(=O)N(C)c1ccccc1. The number of nitrogens with zero attached hydrogens (tertiary/aromatic N) is 2. The molecular weight excluding hydrogens is 348 g/mol. The van der Waals surface area contributed by atoms with Gasteiger partial charge in [0, 0.05) is 18.8 Å². The highest BCUT2D eigenvalue weighted by Gasteiger charge is 2.24. The molecule has 0 heterocycles. The number of hydrogen-bond acceptors (Lipinski definition) is 5. The molecule has 0 saturated carbocycles. The van der Waals surface area contributed by atoms with Crippen LogP contribution in [-0.4, -0.2) is 30.0 Å². The third-order valence-electron chi connectivity index (χ3n) is 3.48. The third-order valence-corrected chi connectivity index (χ3v) is 3.80. The van der Waals surface area contributed by atoms with Crippen LogP contribution in [0, 0.1) is 10.1 Å². The van der Waals surface area contributed by atoms with E-state index in [1.54, 1.807) is 31.3 Å². The van der Waals surface area contributed by atoms with Gasteiger partial charge in [0.05, 0.1) is 10.5 Å². The van der Waals surface area contributed by atoms with Gasteiger partial charge in [0.15, 0.2) is 6.10 Å². The first-order valence-electron chi connectivity index (χ1n) is 7.28. The Morgan fingerprint density at radius 3 is 2.44 bits per heavy atom. The summed E-state index contributed by atoms with van der Waals surface area (Å²) in [6, 6.07) is 12.4. The lowest BCUT2D eigenvalue weighted by molar-refractivity contribution is -0.384. The average molecular weight is 363 g/mol. The molecule has 1 amide bonds. The van der Waals surface area contributed by atoms with Crippen molar-refractivity contribution in [1.82, 2.24) is 0 Å². The molecule has 0 N–H and O–H groups in total. The number of nitro benzene ring substituents is 1. The number of halogens is 1. The third kappa shape index (κ3) is 4.33. The molecule has 2 aromatic carbocycles. The molecule has 0 aliphatic rings. The quantitative estimate of drug-likeness (QED) is 0.461. The topological polar surface area (TPSA) is 89.7 Å². The Kier molecular flexibility index (Phi) is 5.71. The van der Waals surface area contributed by atoms with E-state index in [-0.39, 0.29) is 10.6 Å². The molecule has 0 aromatic heterocycles. The molecule has 1 atom stereocenters. The van der Waals surface area contributed by atoms with Crippen LogP contribution >= 0.6 is 11.6 Å². The van der Waals surface area contributed by atoms with Crippen LogP contribution in [0.15, 0.2) is 48.5 Å². The first-order valence-corrected chi connectivity index (χ1v) is 7.66. The van der Waals surface area contributed by atoms with Gasteiger partial charge in [-0.15, -0.1) is 0 Å². The van der Waals surface area contributed by atoms with E-state index in [0.29, 0.717) is 5.69 Å². The molecule has 25 heavy (non-hydrogen) atoms. The smallest absolute Gasteiger partial charge is 0.339 e. The van der Waals surface area contributed by atoms with Crippen LogP contribution in [0.2, 0.25) is 5.02 Å². The van der Waals surface area contributed by atoms with Crippen LogP contribution < -0.4 is 4.90 Å². The van der Waals surface area contributed by atoms with Crippen molar-refractivity contribution < 1.29 is 19.2 Å². The standard InChI is InChI=1S/C17H15ClN2O5/c1-11(16(21)19(2)13-6-4-3-5-7-13)25-17(22)12-8-9-14(18)15(10-12)20(23)24/h3-11H,1-2H3/t11-/m1/s1. The van der Waals surface area contributed by atoms with Gasteiger partial charge in [0.1, 0.15) is 5.02 Å². The number of hydrogen-bond donors (Lipinski definition) is 0. The van der Waals surface area contributed by atoms with Gasteiger partial charge in [-0.25, -0.2) is 4.79 Å². The molecule has 0 radical (unpaired) electrons. The highest BCUT2D eigenvalue weighted by atomic mass is 35.5. The molecule has 7 nitrogen and oxygen atoms in total. The number of amides is 1. The molecule has 0 fully saturated rings. The van der Waals surface area contributed by atoms with E-state index in [0.717, 1.165) is 6.07 Å². The zero-order chi connectivity index (χ0) is 18.6.